The number of carbonyl (C=O) groups excluding carboxylic acids is 3. The summed E-state index contributed by atoms with van der Waals surface area (Å²) in [6.45, 7) is 4.05. The third-order valence-corrected chi connectivity index (χ3v) is 12.2. The summed E-state index contributed by atoms with van der Waals surface area (Å²) >= 11 is 19.2. The van der Waals surface area contributed by atoms with Gasteiger partial charge in [0, 0.05) is 41.3 Å². The fraction of sp³-hybridized carbons (Fsp3) is 0.692. The van der Waals surface area contributed by atoms with Crippen molar-refractivity contribution in [3.05, 3.63) is 57.0 Å². The second-order valence-corrected chi connectivity index (χ2v) is 18.5. The second kappa shape index (κ2) is 37.1. The fourth-order valence-electron chi connectivity index (χ4n) is 7.67. The minimum atomic E-state index is -1.32. The van der Waals surface area contributed by atoms with Crippen molar-refractivity contribution >= 4 is 58.7 Å². The SMILES string of the molecule is CCCCCCCCCCCCCCCC(=O)OCC(OC(=O)CCCC(=O)O)C(OC(=O)CCCCCCCCCCCCCCC)c1cc(Cl)ccc1Oc1ccc(Cl)cc1Cl. The number of hydrogen-bond donors (Lipinski definition) is 1. The first kappa shape index (κ1) is 57.1. The Morgan fingerprint density at radius 3 is 1.36 bits per heavy atom. The molecule has 0 aliphatic rings. The average molecular weight is 955 g/mol. The van der Waals surface area contributed by atoms with Crippen LogP contribution in [-0.4, -0.2) is 41.7 Å². The Morgan fingerprint density at radius 1 is 0.484 bits per heavy atom. The van der Waals surface area contributed by atoms with Crippen molar-refractivity contribution < 1.29 is 43.2 Å². The van der Waals surface area contributed by atoms with Gasteiger partial charge in [0.1, 0.15) is 18.1 Å². The van der Waals surface area contributed by atoms with Crippen LogP contribution in [0.25, 0.3) is 0 Å². The third kappa shape index (κ3) is 28.1. The van der Waals surface area contributed by atoms with Crippen LogP contribution in [0, 0.1) is 0 Å². The quantitative estimate of drug-likeness (QED) is 0.0395. The molecule has 0 spiro atoms. The van der Waals surface area contributed by atoms with Gasteiger partial charge in [-0.2, -0.15) is 0 Å². The molecule has 0 bridgehead atoms. The molecule has 0 saturated heterocycles. The van der Waals surface area contributed by atoms with E-state index in [1.807, 2.05) is 0 Å². The monoisotopic (exact) mass is 952 g/mol. The van der Waals surface area contributed by atoms with Crippen LogP contribution in [0.4, 0.5) is 0 Å². The van der Waals surface area contributed by atoms with Gasteiger partial charge in [-0.25, -0.2) is 0 Å². The minimum Gasteiger partial charge on any atom is -0.481 e. The lowest BCUT2D eigenvalue weighted by Crippen LogP contribution is -2.34. The van der Waals surface area contributed by atoms with E-state index in [2.05, 4.69) is 13.8 Å². The molecule has 0 aliphatic heterocycles. The molecular formula is C52H79Cl3O9. The number of aliphatic carboxylic acids is 1. The van der Waals surface area contributed by atoms with E-state index in [4.69, 9.17) is 53.8 Å². The predicted molar refractivity (Wildman–Crippen MR) is 260 cm³/mol. The molecule has 0 aromatic heterocycles. The van der Waals surface area contributed by atoms with Crippen LogP contribution in [0.2, 0.25) is 15.1 Å². The normalized spacial score (nSPS) is 12.1. The summed E-state index contributed by atoms with van der Waals surface area (Å²) < 4.78 is 24.0. The molecule has 9 nitrogen and oxygen atoms in total. The van der Waals surface area contributed by atoms with E-state index in [1.54, 1.807) is 30.3 Å². The smallest absolute Gasteiger partial charge is 0.306 e. The molecule has 0 radical (unpaired) electrons. The van der Waals surface area contributed by atoms with E-state index >= 15 is 0 Å². The van der Waals surface area contributed by atoms with E-state index in [9.17, 15) is 24.3 Å². The number of ether oxygens (including phenoxy) is 4. The van der Waals surface area contributed by atoms with Gasteiger partial charge >= 0.3 is 23.9 Å². The average Bonchev–Trinajstić information content (AvgIpc) is 3.26. The van der Waals surface area contributed by atoms with Gasteiger partial charge in [0.15, 0.2) is 12.2 Å². The summed E-state index contributed by atoms with van der Waals surface area (Å²) in [6.07, 6.45) is 27.7. The lowest BCUT2D eigenvalue weighted by Gasteiger charge is -2.28. The third-order valence-electron chi connectivity index (χ3n) is 11.4. The van der Waals surface area contributed by atoms with Gasteiger partial charge in [-0.1, -0.05) is 203 Å². The van der Waals surface area contributed by atoms with Crippen LogP contribution in [-0.2, 0) is 33.4 Å². The molecule has 0 aliphatic carbocycles. The number of benzene rings is 2. The largest absolute Gasteiger partial charge is 0.481 e. The number of esters is 3. The van der Waals surface area contributed by atoms with Crippen LogP contribution < -0.4 is 4.74 Å². The number of rotatable bonds is 40. The zero-order chi connectivity index (χ0) is 46.6. The van der Waals surface area contributed by atoms with Gasteiger partial charge in [-0.3, -0.25) is 19.2 Å². The van der Waals surface area contributed by atoms with Crippen molar-refractivity contribution in [3.8, 4) is 11.5 Å². The van der Waals surface area contributed by atoms with E-state index < -0.39 is 42.7 Å². The Morgan fingerprint density at radius 2 is 0.891 bits per heavy atom. The van der Waals surface area contributed by atoms with Gasteiger partial charge in [-0.05, 0) is 55.7 Å². The molecule has 0 fully saturated rings. The number of carbonyl (C=O) groups is 4. The number of hydrogen-bond acceptors (Lipinski definition) is 8. The number of carboxylic acid groups (broad SMARTS) is 1. The molecule has 2 atom stereocenters. The zero-order valence-corrected chi connectivity index (χ0v) is 41.4. The molecule has 2 unspecified atom stereocenters. The highest BCUT2D eigenvalue weighted by molar-refractivity contribution is 6.35. The second-order valence-electron chi connectivity index (χ2n) is 17.2. The van der Waals surface area contributed by atoms with Gasteiger partial charge in [-0.15, -0.1) is 0 Å². The molecule has 2 rings (SSSR count). The van der Waals surface area contributed by atoms with E-state index in [0.29, 0.717) is 17.9 Å². The molecule has 2 aromatic carbocycles. The number of halogens is 3. The van der Waals surface area contributed by atoms with E-state index in [0.717, 1.165) is 38.5 Å². The highest BCUT2D eigenvalue weighted by Gasteiger charge is 2.34. The van der Waals surface area contributed by atoms with Crippen LogP contribution >= 0.6 is 34.8 Å². The van der Waals surface area contributed by atoms with Crippen LogP contribution in [0.15, 0.2) is 36.4 Å². The van der Waals surface area contributed by atoms with Crippen molar-refractivity contribution in [2.24, 2.45) is 0 Å². The predicted octanol–water partition coefficient (Wildman–Crippen LogP) is 16.7. The number of carboxylic acids is 1. The van der Waals surface area contributed by atoms with Gasteiger partial charge in [0.25, 0.3) is 0 Å². The Kier molecular flexibility index (Phi) is 33.1. The molecule has 0 heterocycles. The van der Waals surface area contributed by atoms with Crippen LogP contribution in [0.5, 0.6) is 11.5 Å². The van der Waals surface area contributed by atoms with E-state index in [1.165, 1.54) is 122 Å². The van der Waals surface area contributed by atoms with Crippen molar-refractivity contribution in [1.29, 1.82) is 0 Å². The topological polar surface area (TPSA) is 125 Å². The van der Waals surface area contributed by atoms with Crippen molar-refractivity contribution in [2.75, 3.05) is 6.61 Å². The Hall–Kier alpha value is -3.01. The maximum atomic E-state index is 13.7. The molecule has 12 heteroatoms. The van der Waals surface area contributed by atoms with Gasteiger partial charge < -0.3 is 24.1 Å². The Labute approximate surface area is 400 Å². The summed E-state index contributed by atoms with van der Waals surface area (Å²) in [5.74, 6) is -2.32. The van der Waals surface area contributed by atoms with Crippen LogP contribution in [0.1, 0.15) is 225 Å². The highest BCUT2D eigenvalue weighted by Crippen LogP contribution is 2.39. The summed E-state index contributed by atoms with van der Waals surface area (Å²) in [7, 11) is 0. The van der Waals surface area contributed by atoms with Crippen molar-refractivity contribution in [3.63, 3.8) is 0 Å². The first-order valence-corrected chi connectivity index (χ1v) is 25.9. The Bertz CT molecular complexity index is 1590. The minimum absolute atomic E-state index is 0.0316. The van der Waals surface area contributed by atoms with Gasteiger partial charge in [0.05, 0.1) is 5.02 Å². The van der Waals surface area contributed by atoms with Gasteiger partial charge in [0.2, 0.25) is 0 Å². The summed E-state index contributed by atoms with van der Waals surface area (Å²) in [6, 6.07) is 9.46. The van der Waals surface area contributed by atoms with E-state index in [-0.39, 0.29) is 59.2 Å². The molecule has 64 heavy (non-hydrogen) atoms. The number of unbranched alkanes of at least 4 members (excludes halogenated alkanes) is 24. The molecule has 362 valence electrons. The zero-order valence-electron chi connectivity index (χ0n) is 39.1. The maximum absolute atomic E-state index is 13.7. The Balaban J connectivity index is 2.13. The first-order valence-electron chi connectivity index (χ1n) is 24.7. The van der Waals surface area contributed by atoms with Crippen molar-refractivity contribution in [1.82, 2.24) is 0 Å². The molecule has 0 amide bonds. The lowest BCUT2D eigenvalue weighted by atomic mass is 10.0. The maximum Gasteiger partial charge on any atom is 0.306 e. The first-order chi connectivity index (χ1) is 31.0. The molecule has 0 saturated carbocycles. The van der Waals surface area contributed by atoms with Crippen LogP contribution in [0.3, 0.4) is 0 Å². The summed E-state index contributed by atoms with van der Waals surface area (Å²) in [5.41, 5.74) is 0.258. The molecular weight excluding hydrogens is 875 g/mol. The fourth-order valence-corrected chi connectivity index (χ4v) is 8.30. The molecule has 2 aromatic rings. The summed E-state index contributed by atoms with van der Waals surface area (Å²) in [5, 5.41) is 10.1. The molecule has 1 N–H and O–H groups in total. The standard InChI is InChI=1S/C52H79Cl3O9/c1-3-5-7-9-11-13-15-17-19-21-23-25-27-31-49(58)61-40-47(63-50(59)33-29-30-48(56)57)52(43-38-41(53)34-36-45(43)62-46-37-35-42(54)39-44(46)55)64-51(60)32-28-26-24-22-20-18-16-14-12-10-8-6-4-2/h34-39,47,52H,3-33,40H2,1-2H3,(H,56,57). The van der Waals surface area contributed by atoms with Crippen molar-refractivity contribution in [2.45, 2.75) is 225 Å². The lowest BCUT2D eigenvalue weighted by molar-refractivity contribution is -0.177. The summed E-state index contributed by atoms with van der Waals surface area (Å²) in [4.78, 5) is 51.3. The highest BCUT2D eigenvalue weighted by atomic mass is 35.5.